The molecule has 1 unspecified atom stereocenters. The van der Waals surface area contributed by atoms with Crippen molar-refractivity contribution in [3.8, 4) is 5.75 Å². The van der Waals surface area contributed by atoms with Crippen LogP contribution in [0.1, 0.15) is 37.9 Å². The van der Waals surface area contributed by atoms with Gasteiger partial charge in [-0.1, -0.05) is 44.2 Å². The Balaban J connectivity index is 1.85. The number of aryl methyl sites for hydroxylation is 1. The summed E-state index contributed by atoms with van der Waals surface area (Å²) in [5.74, 6) is 0.402. The smallest absolute Gasteiger partial charge is 0.238 e. The number of hydrogen-bond acceptors (Lipinski definition) is 4. The third-order valence-electron chi connectivity index (χ3n) is 4.80. The van der Waals surface area contributed by atoms with Gasteiger partial charge in [-0.2, -0.15) is 0 Å². The standard InChI is InChI=1S/C23H31N3O3/c1-5-18-10-12-19(13-11-18)17(3)24-22(27)15-26(6-2)16-23(28)25-20-8-7-9-21(14-20)29-4/h7-14,17H,5-6,15-16H2,1-4H3,(H,24,27)(H,25,28). The molecule has 0 fully saturated rings. The van der Waals surface area contributed by atoms with Crippen LogP contribution in [0.25, 0.3) is 0 Å². The van der Waals surface area contributed by atoms with E-state index in [1.165, 1.54) is 5.56 Å². The van der Waals surface area contributed by atoms with Crippen LogP contribution in [0.3, 0.4) is 0 Å². The van der Waals surface area contributed by atoms with E-state index in [1.807, 2.05) is 38.1 Å². The van der Waals surface area contributed by atoms with Crippen molar-refractivity contribution in [1.29, 1.82) is 0 Å². The minimum Gasteiger partial charge on any atom is -0.497 e. The topological polar surface area (TPSA) is 70.7 Å². The maximum absolute atomic E-state index is 12.4. The number of methoxy groups -OCH3 is 1. The Bertz CT molecular complexity index is 805. The van der Waals surface area contributed by atoms with Crippen molar-refractivity contribution in [3.05, 3.63) is 59.7 Å². The Morgan fingerprint density at radius 2 is 1.72 bits per heavy atom. The third-order valence-corrected chi connectivity index (χ3v) is 4.80. The predicted octanol–water partition coefficient (Wildman–Crippen LogP) is 3.40. The largest absolute Gasteiger partial charge is 0.497 e. The van der Waals surface area contributed by atoms with Crippen molar-refractivity contribution in [2.75, 3.05) is 32.1 Å². The third kappa shape index (κ3) is 7.23. The molecule has 0 spiro atoms. The first-order valence-corrected chi connectivity index (χ1v) is 9.99. The number of carbonyl (C=O) groups excluding carboxylic acids is 2. The molecule has 6 heteroatoms. The van der Waals surface area contributed by atoms with Crippen molar-refractivity contribution in [3.63, 3.8) is 0 Å². The van der Waals surface area contributed by atoms with Gasteiger partial charge in [0.25, 0.3) is 0 Å². The van der Waals surface area contributed by atoms with Crippen LogP contribution < -0.4 is 15.4 Å². The quantitative estimate of drug-likeness (QED) is 0.645. The lowest BCUT2D eigenvalue weighted by Crippen LogP contribution is -2.41. The first-order valence-electron chi connectivity index (χ1n) is 9.99. The van der Waals surface area contributed by atoms with Crippen LogP contribution in [0.4, 0.5) is 5.69 Å². The molecule has 6 nitrogen and oxygen atoms in total. The highest BCUT2D eigenvalue weighted by Gasteiger charge is 2.15. The normalized spacial score (nSPS) is 11.8. The lowest BCUT2D eigenvalue weighted by Gasteiger charge is -2.21. The van der Waals surface area contributed by atoms with Crippen molar-refractivity contribution >= 4 is 17.5 Å². The minimum atomic E-state index is -0.170. The van der Waals surface area contributed by atoms with Gasteiger partial charge in [-0.05, 0) is 43.1 Å². The van der Waals surface area contributed by atoms with E-state index in [2.05, 4.69) is 29.7 Å². The lowest BCUT2D eigenvalue weighted by atomic mass is 10.1. The number of hydrogen-bond donors (Lipinski definition) is 2. The highest BCUT2D eigenvalue weighted by molar-refractivity contribution is 5.92. The summed E-state index contributed by atoms with van der Waals surface area (Å²) in [6.07, 6.45) is 0.990. The number of nitrogens with one attached hydrogen (secondary N) is 2. The molecule has 2 aromatic carbocycles. The summed E-state index contributed by atoms with van der Waals surface area (Å²) in [6, 6.07) is 15.4. The van der Waals surface area contributed by atoms with E-state index in [1.54, 1.807) is 24.1 Å². The van der Waals surface area contributed by atoms with Gasteiger partial charge in [-0.25, -0.2) is 0 Å². The minimum absolute atomic E-state index is 0.0854. The first-order chi connectivity index (χ1) is 13.9. The zero-order valence-electron chi connectivity index (χ0n) is 17.7. The number of ether oxygens (including phenoxy) is 1. The molecule has 0 radical (unpaired) electrons. The van der Waals surface area contributed by atoms with E-state index >= 15 is 0 Å². The Morgan fingerprint density at radius 3 is 2.34 bits per heavy atom. The first kappa shape index (κ1) is 22.4. The SMILES string of the molecule is CCc1ccc(C(C)NC(=O)CN(CC)CC(=O)Nc2cccc(OC)c2)cc1. The number of carbonyl (C=O) groups is 2. The van der Waals surface area contributed by atoms with E-state index in [0.29, 0.717) is 18.0 Å². The fourth-order valence-corrected chi connectivity index (χ4v) is 3.00. The van der Waals surface area contributed by atoms with Crippen LogP contribution in [0, 0.1) is 0 Å². The van der Waals surface area contributed by atoms with Gasteiger partial charge in [0.05, 0.1) is 26.2 Å². The molecule has 1 atom stereocenters. The van der Waals surface area contributed by atoms with Gasteiger partial charge in [-0.15, -0.1) is 0 Å². The van der Waals surface area contributed by atoms with Crippen LogP contribution in [-0.4, -0.2) is 43.5 Å². The fraction of sp³-hybridized carbons (Fsp3) is 0.391. The van der Waals surface area contributed by atoms with Crippen LogP contribution in [0.5, 0.6) is 5.75 Å². The average Bonchev–Trinajstić information content (AvgIpc) is 2.73. The maximum Gasteiger partial charge on any atom is 0.238 e. The van der Waals surface area contributed by atoms with Gasteiger partial charge in [0.2, 0.25) is 11.8 Å². The summed E-state index contributed by atoms with van der Waals surface area (Å²) in [7, 11) is 1.58. The molecule has 0 aliphatic heterocycles. The molecule has 0 aliphatic carbocycles. The fourth-order valence-electron chi connectivity index (χ4n) is 3.00. The van der Waals surface area contributed by atoms with Gasteiger partial charge < -0.3 is 15.4 Å². The van der Waals surface area contributed by atoms with Crippen LogP contribution in [0.2, 0.25) is 0 Å². The Hall–Kier alpha value is -2.86. The molecule has 0 bridgehead atoms. The van der Waals surface area contributed by atoms with E-state index in [9.17, 15) is 9.59 Å². The summed E-state index contributed by atoms with van der Waals surface area (Å²) in [4.78, 5) is 26.6. The summed E-state index contributed by atoms with van der Waals surface area (Å²) in [6.45, 7) is 6.91. The van der Waals surface area contributed by atoms with Gasteiger partial charge in [0, 0.05) is 11.8 Å². The lowest BCUT2D eigenvalue weighted by molar-refractivity contribution is -0.123. The summed E-state index contributed by atoms with van der Waals surface area (Å²) >= 11 is 0. The molecule has 2 N–H and O–H groups in total. The Labute approximate surface area is 173 Å². The molecule has 0 heterocycles. The van der Waals surface area contributed by atoms with Gasteiger partial charge in [0.1, 0.15) is 5.75 Å². The molecular formula is C23H31N3O3. The zero-order chi connectivity index (χ0) is 21.2. The maximum atomic E-state index is 12.4. The summed E-state index contributed by atoms with van der Waals surface area (Å²) in [5, 5.41) is 5.85. The average molecular weight is 398 g/mol. The van der Waals surface area contributed by atoms with Crippen LogP contribution in [-0.2, 0) is 16.0 Å². The number of nitrogens with zero attached hydrogens (tertiary/aromatic N) is 1. The highest BCUT2D eigenvalue weighted by atomic mass is 16.5. The Kier molecular flexibility index (Phi) is 8.68. The molecule has 2 amide bonds. The number of benzene rings is 2. The molecule has 2 rings (SSSR count). The van der Waals surface area contributed by atoms with E-state index in [-0.39, 0.29) is 30.9 Å². The molecule has 0 saturated heterocycles. The number of likely N-dealkylation sites (N-methyl/N-ethyl adjacent to an activating group) is 1. The predicted molar refractivity (Wildman–Crippen MR) is 116 cm³/mol. The summed E-state index contributed by atoms with van der Waals surface area (Å²) in [5.41, 5.74) is 3.00. The molecule has 156 valence electrons. The number of amides is 2. The molecule has 0 saturated carbocycles. The van der Waals surface area contributed by atoms with Crippen molar-refractivity contribution in [2.24, 2.45) is 0 Å². The number of anilines is 1. The molecule has 0 aromatic heterocycles. The van der Waals surface area contributed by atoms with Crippen LogP contribution >= 0.6 is 0 Å². The van der Waals surface area contributed by atoms with Gasteiger partial charge in [0.15, 0.2) is 0 Å². The van der Waals surface area contributed by atoms with E-state index < -0.39 is 0 Å². The zero-order valence-corrected chi connectivity index (χ0v) is 17.7. The Morgan fingerprint density at radius 1 is 1.03 bits per heavy atom. The monoisotopic (exact) mass is 397 g/mol. The van der Waals surface area contributed by atoms with Crippen molar-refractivity contribution in [1.82, 2.24) is 10.2 Å². The molecule has 29 heavy (non-hydrogen) atoms. The number of rotatable bonds is 10. The van der Waals surface area contributed by atoms with E-state index in [4.69, 9.17) is 4.74 Å². The molecule has 0 aliphatic rings. The van der Waals surface area contributed by atoms with Crippen molar-refractivity contribution in [2.45, 2.75) is 33.2 Å². The molecular weight excluding hydrogens is 366 g/mol. The molecule has 2 aromatic rings. The second kappa shape index (κ2) is 11.2. The van der Waals surface area contributed by atoms with Gasteiger partial charge >= 0.3 is 0 Å². The van der Waals surface area contributed by atoms with E-state index in [0.717, 1.165) is 12.0 Å². The second-order valence-corrected chi connectivity index (χ2v) is 6.97. The second-order valence-electron chi connectivity index (χ2n) is 6.97. The summed E-state index contributed by atoms with van der Waals surface area (Å²) < 4.78 is 5.16. The van der Waals surface area contributed by atoms with Gasteiger partial charge in [-0.3, -0.25) is 14.5 Å². The highest BCUT2D eigenvalue weighted by Crippen LogP contribution is 2.17. The van der Waals surface area contributed by atoms with Crippen LogP contribution in [0.15, 0.2) is 48.5 Å². The van der Waals surface area contributed by atoms with Crippen molar-refractivity contribution < 1.29 is 14.3 Å².